The van der Waals surface area contributed by atoms with Gasteiger partial charge in [-0.2, -0.15) is 0 Å². The van der Waals surface area contributed by atoms with Gasteiger partial charge in [-0.25, -0.2) is 0 Å². The monoisotopic (exact) mass is 194 g/mol. The van der Waals surface area contributed by atoms with E-state index in [1.54, 1.807) is 0 Å². The van der Waals surface area contributed by atoms with E-state index in [4.69, 9.17) is 11.1 Å². The highest BCUT2D eigenvalue weighted by Gasteiger charge is 2.34. The van der Waals surface area contributed by atoms with Crippen LogP contribution in [0.25, 0.3) is 0 Å². The van der Waals surface area contributed by atoms with Crippen molar-refractivity contribution in [1.29, 1.82) is 0 Å². The van der Waals surface area contributed by atoms with Crippen molar-refractivity contribution in [2.45, 2.75) is 32.7 Å². The van der Waals surface area contributed by atoms with Gasteiger partial charge in [0.15, 0.2) is 0 Å². The highest BCUT2D eigenvalue weighted by Crippen LogP contribution is 2.22. The van der Waals surface area contributed by atoms with Crippen LogP contribution in [0.15, 0.2) is 0 Å². The van der Waals surface area contributed by atoms with Gasteiger partial charge in [0.25, 0.3) is 0 Å². The topological polar surface area (TPSA) is 24.1 Å². The van der Waals surface area contributed by atoms with Crippen molar-refractivity contribution >= 4 is 18.8 Å². The molecule has 0 rings (SSSR count). The molecule has 0 bridgehead atoms. The SMILES string of the molecule is CCN[Si](Cl)(NC)C(C)CC. The highest BCUT2D eigenvalue weighted by atomic mass is 35.6. The summed E-state index contributed by atoms with van der Waals surface area (Å²) in [5.74, 6) is 0. The van der Waals surface area contributed by atoms with Gasteiger partial charge in [-0.15, -0.1) is 11.1 Å². The molecule has 0 spiro atoms. The standard InChI is InChI=1S/C7H19ClN2Si/c1-5-7(3)11(8,9-4)10-6-2/h7,9-10H,5-6H2,1-4H3. The molecule has 0 fully saturated rings. The van der Waals surface area contributed by atoms with Crippen LogP contribution in [0.3, 0.4) is 0 Å². The minimum absolute atomic E-state index is 0.564. The average molecular weight is 195 g/mol. The van der Waals surface area contributed by atoms with Crippen LogP contribution in [0.1, 0.15) is 27.2 Å². The predicted molar refractivity (Wildman–Crippen MR) is 54.1 cm³/mol. The van der Waals surface area contributed by atoms with Crippen LogP contribution in [0, 0.1) is 0 Å². The Kier molecular flexibility index (Phi) is 5.34. The lowest BCUT2D eigenvalue weighted by atomic mass is 10.4. The van der Waals surface area contributed by atoms with Gasteiger partial charge in [0, 0.05) is 0 Å². The summed E-state index contributed by atoms with van der Waals surface area (Å²) in [4.78, 5) is 6.58. The molecular weight excluding hydrogens is 176 g/mol. The van der Waals surface area contributed by atoms with Gasteiger partial charge in [-0.1, -0.05) is 27.2 Å². The van der Waals surface area contributed by atoms with Crippen molar-refractivity contribution in [1.82, 2.24) is 9.96 Å². The van der Waals surface area contributed by atoms with E-state index in [1.165, 1.54) is 0 Å². The molecule has 0 aromatic rings. The minimum atomic E-state index is -1.85. The van der Waals surface area contributed by atoms with Crippen LogP contribution in [-0.2, 0) is 0 Å². The van der Waals surface area contributed by atoms with E-state index >= 15 is 0 Å². The summed E-state index contributed by atoms with van der Waals surface area (Å²) in [7, 11) is 0.0840. The van der Waals surface area contributed by atoms with Crippen molar-refractivity contribution in [3.8, 4) is 0 Å². The molecule has 2 unspecified atom stereocenters. The molecule has 0 heterocycles. The van der Waals surface area contributed by atoms with Gasteiger partial charge in [-0.3, -0.25) is 0 Å². The molecule has 2 N–H and O–H groups in total. The third-order valence-corrected chi connectivity index (χ3v) is 7.54. The first kappa shape index (κ1) is 11.4. The number of hydrogen-bond acceptors (Lipinski definition) is 2. The van der Waals surface area contributed by atoms with Gasteiger partial charge in [0.2, 0.25) is 0 Å². The van der Waals surface area contributed by atoms with E-state index in [0.717, 1.165) is 13.0 Å². The van der Waals surface area contributed by atoms with Crippen LogP contribution in [0.5, 0.6) is 0 Å². The van der Waals surface area contributed by atoms with E-state index in [0.29, 0.717) is 5.54 Å². The average Bonchev–Trinajstić information content (AvgIpc) is 2.03. The van der Waals surface area contributed by atoms with Gasteiger partial charge in [0.05, 0.1) is 0 Å². The fraction of sp³-hybridized carbons (Fsp3) is 1.00. The fourth-order valence-electron chi connectivity index (χ4n) is 1.05. The fourth-order valence-corrected chi connectivity index (χ4v) is 4.01. The summed E-state index contributed by atoms with van der Waals surface area (Å²) in [5, 5.41) is 0. The molecule has 68 valence electrons. The highest BCUT2D eigenvalue weighted by molar-refractivity contribution is 7.18. The first-order valence-corrected chi connectivity index (χ1v) is 7.32. The van der Waals surface area contributed by atoms with Crippen molar-refractivity contribution in [3.05, 3.63) is 0 Å². The third kappa shape index (κ3) is 3.11. The first-order chi connectivity index (χ1) is 5.10. The van der Waals surface area contributed by atoms with Crippen LogP contribution in [0.2, 0.25) is 5.54 Å². The Labute approximate surface area is 75.6 Å². The molecule has 0 radical (unpaired) electrons. The molecule has 11 heavy (non-hydrogen) atoms. The van der Waals surface area contributed by atoms with E-state index < -0.39 is 7.71 Å². The number of halogens is 1. The Bertz CT molecular complexity index is 113. The van der Waals surface area contributed by atoms with Gasteiger partial charge in [-0.05, 0) is 19.1 Å². The van der Waals surface area contributed by atoms with Crippen LogP contribution < -0.4 is 9.96 Å². The summed E-state index contributed by atoms with van der Waals surface area (Å²) < 4.78 is 0. The molecule has 2 atom stereocenters. The number of rotatable bonds is 5. The second-order valence-corrected chi connectivity index (χ2v) is 7.85. The third-order valence-electron chi connectivity index (χ3n) is 2.09. The van der Waals surface area contributed by atoms with Gasteiger partial charge < -0.3 is 9.96 Å². The van der Waals surface area contributed by atoms with Crippen LogP contribution in [0.4, 0.5) is 0 Å². The quantitative estimate of drug-likeness (QED) is 0.515. The van der Waals surface area contributed by atoms with Crippen LogP contribution >= 0.6 is 11.1 Å². The zero-order valence-electron chi connectivity index (χ0n) is 7.87. The van der Waals surface area contributed by atoms with E-state index in [1.807, 2.05) is 7.05 Å². The predicted octanol–water partition coefficient (Wildman–Crippen LogP) is 1.79. The Morgan fingerprint density at radius 3 is 2.27 bits per heavy atom. The molecule has 0 aliphatic rings. The summed E-state index contributed by atoms with van der Waals surface area (Å²) in [5.41, 5.74) is 0.564. The second kappa shape index (κ2) is 5.14. The molecule has 0 saturated heterocycles. The molecular formula is C7H19ClN2Si. The van der Waals surface area contributed by atoms with Crippen molar-refractivity contribution < 1.29 is 0 Å². The molecule has 0 saturated carbocycles. The zero-order valence-corrected chi connectivity index (χ0v) is 9.63. The molecule has 4 heteroatoms. The van der Waals surface area contributed by atoms with Gasteiger partial charge in [0.1, 0.15) is 0 Å². The lowest BCUT2D eigenvalue weighted by Gasteiger charge is -2.29. The Balaban J connectivity index is 4.07. The number of hydrogen-bond donors (Lipinski definition) is 2. The minimum Gasteiger partial charge on any atom is -0.316 e. The summed E-state index contributed by atoms with van der Waals surface area (Å²) >= 11 is 6.39. The Morgan fingerprint density at radius 2 is 2.00 bits per heavy atom. The maximum atomic E-state index is 6.39. The van der Waals surface area contributed by atoms with Crippen molar-refractivity contribution in [3.63, 3.8) is 0 Å². The summed E-state index contributed by atoms with van der Waals surface area (Å²) in [6.45, 7) is 7.40. The molecule has 0 amide bonds. The smallest absolute Gasteiger partial charge is 0.304 e. The largest absolute Gasteiger partial charge is 0.316 e. The first-order valence-electron chi connectivity index (χ1n) is 4.23. The van der Waals surface area contributed by atoms with Gasteiger partial charge >= 0.3 is 7.71 Å². The van der Waals surface area contributed by atoms with Crippen molar-refractivity contribution in [2.24, 2.45) is 0 Å². The lowest BCUT2D eigenvalue weighted by molar-refractivity contribution is 0.780. The van der Waals surface area contributed by atoms with E-state index in [9.17, 15) is 0 Å². The normalized spacial score (nSPS) is 19.4. The summed E-state index contributed by atoms with van der Waals surface area (Å²) in [6.07, 6.45) is 1.13. The Morgan fingerprint density at radius 1 is 1.45 bits per heavy atom. The van der Waals surface area contributed by atoms with Crippen LogP contribution in [-0.4, -0.2) is 21.3 Å². The second-order valence-electron chi connectivity index (χ2n) is 2.80. The molecule has 0 aliphatic carbocycles. The maximum Gasteiger partial charge on any atom is 0.304 e. The maximum absolute atomic E-state index is 6.39. The van der Waals surface area contributed by atoms with Crippen molar-refractivity contribution in [2.75, 3.05) is 13.6 Å². The molecule has 0 aromatic carbocycles. The Hall–Kier alpha value is 0.427. The lowest BCUT2D eigenvalue weighted by Crippen LogP contribution is -2.59. The molecule has 2 nitrogen and oxygen atoms in total. The molecule has 0 aromatic heterocycles. The molecule has 0 aliphatic heterocycles. The van der Waals surface area contributed by atoms with E-state index in [-0.39, 0.29) is 0 Å². The summed E-state index contributed by atoms with van der Waals surface area (Å²) in [6, 6.07) is 0. The zero-order chi connectivity index (χ0) is 8.91. The number of nitrogens with one attached hydrogen (secondary N) is 2. The van der Waals surface area contributed by atoms with E-state index in [2.05, 4.69) is 30.7 Å².